The Morgan fingerprint density at radius 2 is 1.90 bits per heavy atom. The van der Waals surface area contributed by atoms with E-state index >= 15 is 0 Å². The molecular formula is C15H13ClN2O3. The zero-order chi connectivity index (χ0) is 15.4. The van der Waals surface area contributed by atoms with Crippen LogP contribution < -0.4 is 4.90 Å². The monoisotopic (exact) mass is 304 g/mol. The largest absolute Gasteiger partial charge is 0.465 e. The number of anilines is 1. The molecule has 6 heteroatoms. The second-order valence-electron chi connectivity index (χ2n) is 4.23. The van der Waals surface area contributed by atoms with E-state index in [1.54, 1.807) is 31.3 Å². The molecule has 2 aromatic rings. The van der Waals surface area contributed by atoms with Crippen LogP contribution >= 0.6 is 11.6 Å². The van der Waals surface area contributed by atoms with Crippen molar-refractivity contribution in [2.24, 2.45) is 0 Å². The van der Waals surface area contributed by atoms with E-state index in [2.05, 4.69) is 4.98 Å². The lowest BCUT2D eigenvalue weighted by atomic mass is 10.1. The van der Waals surface area contributed by atoms with Gasteiger partial charge in [0.15, 0.2) is 0 Å². The molecule has 5 nitrogen and oxygen atoms in total. The van der Waals surface area contributed by atoms with Gasteiger partial charge in [-0.1, -0.05) is 23.7 Å². The van der Waals surface area contributed by atoms with Crippen molar-refractivity contribution in [2.75, 3.05) is 19.1 Å². The van der Waals surface area contributed by atoms with Crippen molar-refractivity contribution in [2.45, 2.75) is 0 Å². The van der Waals surface area contributed by atoms with Gasteiger partial charge in [0.05, 0.1) is 28.9 Å². The Kier molecular flexibility index (Phi) is 4.55. The first-order valence-corrected chi connectivity index (χ1v) is 6.49. The molecule has 0 aliphatic carbocycles. The maximum atomic E-state index is 12.5. The van der Waals surface area contributed by atoms with Crippen molar-refractivity contribution in [3.63, 3.8) is 0 Å². The molecule has 0 unspecified atom stereocenters. The summed E-state index contributed by atoms with van der Waals surface area (Å²) in [5.41, 5.74) is 1.01. The number of halogens is 1. The van der Waals surface area contributed by atoms with Gasteiger partial charge >= 0.3 is 5.97 Å². The van der Waals surface area contributed by atoms with Gasteiger partial charge in [-0.25, -0.2) is 4.79 Å². The van der Waals surface area contributed by atoms with Gasteiger partial charge in [0.1, 0.15) is 0 Å². The summed E-state index contributed by atoms with van der Waals surface area (Å²) >= 11 is 6.00. The van der Waals surface area contributed by atoms with Crippen molar-refractivity contribution >= 4 is 29.2 Å². The molecule has 0 N–H and O–H groups in total. The molecule has 1 aromatic carbocycles. The Labute approximate surface area is 127 Å². The van der Waals surface area contributed by atoms with Crippen molar-refractivity contribution in [3.8, 4) is 0 Å². The second-order valence-corrected chi connectivity index (χ2v) is 4.64. The number of aromatic nitrogens is 1. The third-order valence-corrected chi connectivity index (χ3v) is 3.30. The lowest BCUT2D eigenvalue weighted by molar-refractivity contribution is 0.0601. The zero-order valence-corrected chi connectivity index (χ0v) is 12.3. The lowest BCUT2D eigenvalue weighted by Crippen LogP contribution is -2.28. The standard InChI is InChI=1S/C15H13ClN2O3/c1-18(14(19)11-9-17-8-7-12(11)16)13-6-4-3-5-10(13)15(20)21-2/h3-9H,1-2H3. The molecule has 1 heterocycles. The van der Waals surface area contributed by atoms with E-state index in [9.17, 15) is 9.59 Å². The quantitative estimate of drug-likeness (QED) is 0.818. The lowest BCUT2D eigenvalue weighted by Gasteiger charge is -2.20. The SMILES string of the molecule is COC(=O)c1ccccc1N(C)C(=O)c1cnccc1Cl. The van der Waals surface area contributed by atoms with Gasteiger partial charge < -0.3 is 9.64 Å². The van der Waals surface area contributed by atoms with Crippen LogP contribution in [0.3, 0.4) is 0 Å². The third kappa shape index (κ3) is 3.03. The van der Waals surface area contributed by atoms with Crippen LogP contribution in [0, 0.1) is 0 Å². The van der Waals surface area contributed by atoms with Gasteiger partial charge in [-0.15, -0.1) is 0 Å². The molecule has 21 heavy (non-hydrogen) atoms. The second kappa shape index (κ2) is 6.37. The van der Waals surface area contributed by atoms with Crippen LogP contribution in [-0.2, 0) is 4.74 Å². The maximum Gasteiger partial charge on any atom is 0.339 e. The number of carbonyl (C=O) groups excluding carboxylic acids is 2. The van der Waals surface area contributed by atoms with Gasteiger partial charge in [0.2, 0.25) is 0 Å². The Morgan fingerprint density at radius 1 is 1.19 bits per heavy atom. The molecule has 0 fully saturated rings. The summed E-state index contributed by atoms with van der Waals surface area (Å²) in [4.78, 5) is 29.5. The molecule has 1 amide bonds. The molecular weight excluding hydrogens is 292 g/mol. The van der Waals surface area contributed by atoms with Gasteiger partial charge in [-0.3, -0.25) is 9.78 Å². The number of benzene rings is 1. The molecule has 0 saturated carbocycles. The van der Waals surface area contributed by atoms with Gasteiger partial charge in [-0.2, -0.15) is 0 Å². The Bertz CT molecular complexity index is 688. The first-order valence-electron chi connectivity index (χ1n) is 6.11. The molecule has 0 aliphatic heterocycles. The summed E-state index contributed by atoms with van der Waals surface area (Å²) < 4.78 is 4.72. The van der Waals surface area contributed by atoms with Gasteiger partial charge in [0, 0.05) is 19.4 Å². The summed E-state index contributed by atoms with van der Waals surface area (Å²) in [5.74, 6) is -0.869. The van der Waals surface area contributed by atoms with Crippen molar-refractivity contribution in [1.82, 2.24) is 4.98 Å². The first-order chi connectivity index (χ1) is 10.1. The summed E-state index contributed by atoms with van der Waals surface area (Å²) in [6.07, 6.45) is 2.89. The molecule has 0 bridgehead atoms. The number of hydrogen-bond donors (Lipinski definition) is 0. The number of para-hydroxylation sites is 1. The molecule has 0 radical (unpaired) electrons. The van der Waals surface area contributed by atoms with Crippen LogP contribution in [-0.4, -0.2) is 31.0 Å². The average Bonchev–Trinajstić information content (AvgIpc) is 2.53. The summed E-state index contributed by atoms with van der Waals surface area (Å²) in [6.45, 7) is 0. The normalized spacial score (nSPS) is 10.0. The highest BCUT2D eigenvalue weighted by Gasteiger charge is 2.21. The molecule has 108 valence electrons. The summed E-state index contributed by atoms with van der Waals surface area (Å²) in [5, 5.41) is 0.303. The molecule has 0 aliphatic rings. The summed E-state index contributed by atoms with van der Waals surface area (Å²) in [6, 6.07) is 8.22. The predicted octanol–water partition coefficient (Wildman–Crippen LogP) is 2.80. The molecule has 0 spiro atoms. The molecule has 0 saturated heterocycles. The number of nitrogens with zero attached hydrogens (tertiary/aromatic N) is 2. The van der Waals surface area contributed by atoms with E-state index in [1.165, 1.54) is 30.5 Å². The summed E-state index contributed by atoms with van der Waals surface area (Å²) in [7, 11) is 2.85. The van der Waals surface area contributed by atoms with Crippen LogP contribution in [0.15, 0.2) is 42.7 Å². The number of carbonyl (C=O) groups is 2. The van der Waals surface area contributed by atoms with Crippen LogP contribution in [0.2, 0.25) is 5.02 Å². The highest BCUT2D eigenvalue weighted by molar-refractivity contribution is 6.34. The Balaban J connectivity index is 2.41. The number of hydrogen-bond acceptors (Lipinski definition) is 4. The topological polar surface area (TPSA) is 59.5 Å². The van der Waals surface area contributed by atoms with Crippen LogP contribution in [0.5, 0.6) is 0 Å². The van der Waals surface area contributed by atoms with E-state index in [4.69, 9.17) is 16.3 Å². The number of pyridine rings is 1. The van der Waals surface area contributed by atoms with E-state index in [1.807, 2.05) is 0 Å². The van der Waals surface area contributed by atoms with Gasteiger partial charge in [-0.05, 0) is 18.2 Å². The van der Waals surface area contributed by atoms with E-state index in [0.717, 1.165) is 0 Å². The first kappa shape index (κ1) is 15.0. The molecule has 2 rings (SSSR count). The van der Waals surface area contributed by atoms with E-state index < -0.39 is 5.97 Å². The van der Waals surface area contributed by atoms with Crippen molar-refractivity contribution < 1.29 is 14.3 Å². The van der Waals surface area contributed by atoms with Crippen LogP contribution in [0.1, 0.15) is 20.7 Å². The number of amides is 1. The molecule has 1 aromatic heterocycles. The Morgan fingerprint density at radius 3 is 2.57 bits per heavy atom. The minimum atomic E-state index is -0.512. The number of esters is 1. The van der Waals surface area contributed by atoms with Crippen molar-refractivity contribution in [1.29, 1.82) is 0 Å². The number of rotatable bonds is 3. The maximum absolute atomic E-state index is 12.5. The fraction of sp³-hybridized carbons (Fsp3) is 0.133. The zero-order valence-electron chi connectivity index (χ0n) is 11.5. The predicted molar refractivity (Wildman–Crippen MR) is 79.8 cm³/mol. The average molecular weight is 305 g/mol. The highest BCUT2D eigenvalue weighted by Crippen LogP contribution is 2.23. The third-order valence-electron chi connectivity index (χ3n) is 2.97. The number of ether oxygens (including phenoxy) is 1. The van der Waals surface area contributed by atoms with Gasteiger partial charge in [0.25, 0.3) is 5.91 Å². The molecule has 0 atom stereocenters. The highest BCUT2D eigenvalue weighted by atomic mass is 35.5. The fourth-order valence-electron chi connectivity index (χ4n) is 1.87. The fourth-order valence-corrected chi connectivity index (χ4v) is 2.06. The van der Waals surface area contributed by atoms with E-state index in [0.29, 0.717) is 16.3 Å². The minimum absolute atomic E-state index is 0.265. The van der Waals surface area contributed by atoms with E-state index in [-0.39, 0.29) is 11.5 Å². The Hall–Kier alpha value is -2.40. The number of methoxy groups -OCH3 is 1. The minimum Gasteiger partial charge on any atom is -0.465 e. The van der Waals surface area contributed by atoms with Crippen molar-refractivity contribution in [3.05, 3.63) is 58.9 Å². The van der Waals surface area contributed by atoms with Crippen LogP contribution in [0.4, 0.5) is 5.69 Å². The van der Waals surface area contributed by atoms with Crippen LogP contribution in [0.25, 0.3) is 0 Å². The smallest absolute Gasteiger partial charge is 0.339 e.